The van der Waals surface area contributed by atoms with Gasteiger partial charge in [0.2, 0.25) is 5.91 Å². The standard InChI is InChI=1S/C17H24N2O.ClH/c1-2-17(10-6-11-18-17)16(20)19-12-9-15(13-19)14-7-4-3-5-8-14;/h3-5,7-8,15,18H,2,6,9-13H2,1H3;1H. The van der Waals surface area contributed by atoms with Gasteiger partial charge in [-0.25, -0.2) is 0 Å². The normalized spacial score (nSPS) is 28.4. The van der Waals surface area contributed by atoms with E-state index in [0.717, 1.165) is 45.3 Å². The second-order valence-electron chi connectivity index (χ2n) is 6.11. The van der Waals surface area contributed by atoms with Crippen molar-refractivity contribution in [3.05, 3.63) is 35.9 Å². The molecule has 0 aliphatic carbocycles. The first-order valence-electron chi connectivity index (χ1n) is 7.84. The molecule has 1 N–H and O–H groups in total. The molecule has 1 aromatic carbocycles. The number of benzene rings is 1. The SMILES string of the molecule is CCC1(C(=O)N2CCC(c3ccccc3)C2)CCCN1.Cl. The van der Waals surface area contributed by atoms with Gasteiger partial charge in [0.15, 0.2) is 0 Å². The van der Waals surface area contributed by atoms with E-state index in [2.05, 4.69) is 47.5 Å². The molecule has 2 fully saturated rings. The zero-order valence-corrected chi connectivity index (χ0v) is 13.5. The van der Waals surface area contributed by atoms with Gasteiger partial charge in [0.25, 0.3) is 0 Å². The van der Waals surface area contributed by atoms with E-state index in [1.807, 2.05) is 0 Å². The fourth-order valence-electron chi connectivity index (χ4n) is 3.69. The predicted molar refractivity (Wildman–Crippen MR) is 87.9 cm³/mol. The van der Waals surface area contributed by atoms with Gasteiger partial charge < -0.3 is 10.2 Å². The van der Waals surface area contributed by atoms with Crippen LogP contribution in [-0.4, -0.2) is 36.0 Å². The van der Waals surface area contributed by atoms with Crippen LogP contribution in [0, 0.1) is 0 Å². The van der Waals surface area contributed by atoms with Gasteiger partial charge in [-0.05, 0) is 37.8 Å². The molecule has 3 nitrogen and oxygen atoms in total. The topological polar surface area (TPSA) is 32.3 Å². The van der Waals surface area contributed by atoms with Gasteiger partial charge in [-0.15, -0.1) is 12.4 Å². The number of nitrogens with one attached hydrogen (secondary N) is 1. The second kappa shape index (κ2) is 6.80. The molecular weight excluding hydrogens is 284 g/mol. The van der Waals surface area contributed by atoms with Crippen molar-refractivity contribution < 1.29 is 4.79 Å². The van der Waals surface area contributed by atoms with Gasteiger partial charge >= 0.3 is 0 Å². The van der Waals surface area contributed by atoms with Crippen molar-refractivity contribution in [2.45, 2.75) is 44.1 Å². The lowest BCUT2D eigenvalue weighted by Gasteiger charge is -2.31. The van der Waals surface area contributed by atoms with Crippen LogP contribution in [0.5, 0.6) is 0 Å². The number of carbonyl (C=O) groups excluding carboxylic acids is 1. The summed E-state index contributed by atoms with van der Waals surface area (Å²) >= 11 is 0. The first-order valence-corrected chi connectivity index (χ1v) is 7.84. The fraction of sp³-hybridized carbons (Fsp3) is 0.588. The molecule has 2 atom stereocenters. The predicted octanol–water partition coefficient (Wildman–Crippen LogP) is 2.96. The quantitative estimate of drug-likeness (QED) is 0.931. The first kappa shape index (κ1) is 16.3. The minimum absolute atomic E-state index is 0. The minimum atomic E-state index is -0.272. The van der Waals surface area contributed by atoms with E-state index < -0.39 is 0 Å². The van der Waals surface area contributed by atoms with Gasteiger partial charge in [-0.2, -0.15) is 0 Å². The Morgan fingerprint density at radius 3 is 2.76 bits per heavy atom. The molecule has 4 heteroatoms. The van der Waals surface area contributed by atoms with E-state index in [0.29, 0.717) is 11.8 Å². The Bertz CT molecular complexity index is 471. The summed E-state index contributed by atoms with van der Waals surface area (Å²) in [6, 6.07) is 10.6. The van der Waals surface area contributed by atoms with Crippen molar-refractivity contribution in [1.82, 2.24) is 10.2 Å². The van der Waals surface area contributed by atoms with Crippen LogP contribution < -0.4 is 5.32 Å². The van der Waals surface area contributed by atoms with Crippen molar-refractivity contribution in [3.63, 3.8) is 0 Å². The van der Waals surface area contributed by atoms with Crippen molar-refractivity contribution in [2.24, 2.45) is 0 Å². The third kappa shape index (κ3) is 3.09. The lowest BCUT2D eigenvalue weighted by Crippen LogP contribution is -2.54. The van der Waals surface area contributed by atoms with E-state index in [1.54, 1.807) is 0 Å². The number of amides is 1. The third-order valence-electron chi connectivity index (χ3n) is 5.00. The van der Waals surface area contributed by atoms with Crippen LogP contribution >= 0.6 is 12.4 Å². The molecule has 0 radical (unpaired) electrons. The number of hydrogen-bond acceptors (Lipinski definition) is 2. The Kier molecular flexibility index (Phi) is 5.28. The summed E-state index contributed by atoms with van der Waals surface area (Å²) in [5.41, 5.74) is 1.10. The fourth-order valence-corrected chi connectivity index (χ4v) is 3.69. The van der Waals surface area contributed by atoms with E-state index in [-0.39, 0.29) is 17.9 Å². The Hall–Kier alpha value is -1.06. The average molecular weight is 309 g/mol. The number of carbonyl (C=O) groups is 1. The summed E-state index contributed by atoms with van der Waals surface area (Å²) in [4.78, 5) is 14.9. The first-order chi connectivity index (χ1) is 9.75. The zero-order chi connectivity index (χ0) is 14.0. The summed E-state index contributed by atoms with van der Waals surface area (Å²) in [6.07, 6.45) is 4.11. The van der Waals surface area contributed by atoms with Crippen LogP contribution in [0.3, 0.4) is 0 Å². The highest BCUT2D eigenvalue weighted by atomic mass is 35.5. The lowest BCUT2D eigenvalue weighted by molar-refractivity contribution is -0.137. The number of halogens is 1. The molecule has 116 valence electrons. The third-order valence-corrected chi connectivity index (χ3v) is 5.00. The lowest BCUT2D eigenvalue weighted by atomic mass is 9.92. The molecule has 2 unspecified atom stereocenters. The monoisotopic (exact) mass is 308 g/mol. The molecular formula is C17H25ClN2O. The Morgan fingerprint density at radius 2 is 2.14 bits per heavy atom. The summed E-state index contributed by atoms with van der Waals surface area (Å²) in [6.45, 7) is 4.89. The van der Waals surface area contributed by atoms with Gasteiger partial charge in [0.05, 0.1) is 5.54 Å². The molecule has 0 spiro atoms. The summed E-state index contributed by atoms with van der Waals surface area (Å²) < 4.78 is 0. The summed E-state index contributed by atoms with van der Waals surface area (Å²) in [7, 11) is 0. The van der Waals surface area contributed by atoms with E-state index >= 15 is 0 Å². The molecule has 0 saturated carbocycles. The molecule has 3 rings (SSSR count). The molecule has 1 aromatic rings. The zero-order valence-electron chi connectivity index (χ0n) is 12.7. The Labute approximate surface area is 133 Å². The molecule has 0 bridgehead atoms. The van der Waals surface area contributed by atoms with Gasteiger partial charge in [-0.1, -0.05) is 37.3 Å². The maximum atomic E-state index is 12.8. The smallest absolute Gasteiger partial charge is 0.242 e. The van der Waals surface area contributed by atoms with Crippen LogP contribution in [0.1, 0.15) is 44.1 Å². The highest BCUT2D eigenvalue weighted by molar-refractivity contribution is 5.87. The highest BCUT2D eigenvalue weighted by Crippen LogP contribution is 2.31. The Balaban J connectivity index is 0.00000161. The summed E-state index contributed by atoms with van der Waals surface area (Å²) in [5, 5.41) is 3.46. The van der Waals surface area contributed by atoms with Gasteiger partial charge in [-0.3, -0.25) is 4.79 Å². The maximum absolute atomic E-state index is 12.8. The van der Waals surface area contributed by atoms with Crippen molar-refractivity contribution in [1.29, 1.82) is 0 Å². The minimum Gasteiger partial charge on any atom is -0.340 e. The second-order valence-corrected chi connectivity index (χ2v) is 6.11. The van der Waals surface area contributed by atoms with Crippen LogP contribution in [0.2, 0.25) is 0 Å². The highest BCUT2D eigenvalue weighted by Gasteiger charge is 2.43. The van der Waals surface area contributed by atoms with Crippen molar-refractivity contribution >= 4 is 18.3 Å². The van der Waals surface area contributed by atoms with Crippen LogP contribution in [0.25, 0.3) is 0 Å². The van der Waals surface area contributed by atoms with Crippen LogP contribution in [0.4, 0.5) is 0 Å². The molecule has 0 aromatic heterocycles. The van der Waals surface area contributed by atoms with E-state index in [1.165, 1.54) is 5.56 Å². The number of likely N-dealkylation sites (tertiary alicyclic amines) is 1. The van der Waals surface area contributed by atoms with Crippen LogP contribution in [0.15, 0.2) is 30.3 Å². The summed E-state index contributed by atoms with van der Waals surface area (Å²) in [5.74, 6) is 0.839. The number of rotatable bonds is 3. The molecule has 2 aliphatic heterocycles. The van der Waals surface area contributed by atoms with Gasteiger partial charge in [0.1, 0.15) is 0 Å². The van der Waals surface area contributed by atoms with Crippen LogP contribution in [-0.2, 0) is 4.79 Å². The molecule has 2 saturated heterocycles. The van der Waals surface area contributed by atoms with Gasteiger partial charge in [0, 0.05) is 19.0 Å². The van der Waals surface area contributed by atoms with E-state index in [9.17, 15) is 4.79 Å². The molecule has 1 amide bonds. The maximum Gasteiger partial charge on any atom is 0.242 e. The molecule has 2 heterocycles. The van der Waals surface area contributed by atoms with Crippen molar-refractivity contribution in [3.8, 4) is 0 Å². The average Bonchev–Trinajstić information content (AvgIpc) is 3.17. The van der Waals surface area contributed by atoms with Crippen molar-refractivity contribution in [2.75, 3.05) is 19.6 Å². The van der Waals surface area contributed by atoms with E-state index in [4.69, 9.17) is 0 Å². The largest absolute Gasteiger partial charge is 0.340 e. The Morgan fingerprint density at radius 1 is 1.38 bits per heavy atom. The molecule has 2 aliphatic rings. The molecule has 21 heavy (non-hydrogen) atoms. The number of hydrogen-bond donors (Lipinski definition) is 1. The number of nitrogens with zero attached hydrogens (tertiary/aromatic N) is 1.